The number of hydrogen-bond acceptors (Lipinski definition) is 4. The summed E-state index contributed by atoms with van der Waals surface area (Å²) in [5, 5.41) is 8.70. The van der Waals surface area contributed by atoms with Crippen LogP contribution in [0.5, 0.6) is 0 Å². The number of anilines is 2. The number of halogens is 4. The number of hydrogen-bond donors (Lipinski definition) is 2. The molecule has 0 spiro atoms. The predicted molar refractivity (Wildman–Crippen MR) is 103 cm³/mol. The minimum absolute atomic E-state index is 0.0788. The van der Waals surface area contributed by atoms with E-state index in [1.54, 1.807) is 42.5 Å². The summed E-state index contributed by atoms with van der Waals surface area (Å²) < 4.78 is 0. The first-order valence-corrected chi connectivity index (χ1v) is 8.26. The Morgan fingerprint density at radius 2 is 1.50 bits per heavy atom. The molecule has 0 fully saturated rings. The summed E-state index contributed by atoms with van der Waals surface area (Å²) >= 11 is 21.4. The highest BCUT2D eigenvalue weighted by atomic mass is 35.5. The van der Waals surface area contributed by atoms with Crippen molar-refractivity contribution >= 4 is 63.6 Å². The van der Waals surface area contributed by atoms with E-state index in [2.05, 4.69) is 0 Å². The summed E-state index contributed by atoms with van der Waals surface area (Å²) in [5.41, 5.74) is 12.4. The highest BCUT2D eigenvalue weighted by Gasteiger charge is 2.08. The van der Waals surface area contributed by atoms with E-state index in [0.29, 0.717) is 16.3 Å². The van der Waals surface area contributed by atoms with Crippen molar-refractivity contribution in [1.29, 1.82) is 5.26 Å². The van der Waals surface area contributed by atoms with Crippen molar-refractivity contribution < 1.29 is 4.79 Å². The van der Waals surface area contributed by atoms with Crippen LogP contribution in [-0.2, 0) is 0 Å². The number of nitriles is 1. The zero-order chi connectivity index (χ0) is 18.5. The van der Waals surface area contributed by atoms with Crippen LogP contribution in [0.3, 0.4) is 0 Å². The number of rotatable bonds is 2. The lowest BCUT2D eigenvalue weighted by Crippen LogP contribution is -2.04. The van der Waals surface area contributed by atoms with Gasteiger partial charge in [0.2, 0.25) is 0 Å². The maximum Gasteiger partial charge on any atom is 0.179 e. The third kappa shape index (κ3) is 9.49. The van der Waals surface area contributed by atoms with Crippen molar-refractivity contribution in [2.24, 2.45) is 0 Å². The molecule has 128 valence electrons. The third-order valence-electron chi connectivity index (χ3n) is 2.37. The number of nitrogen functional groups attached to an aromatic ring is 2. The van der Waals surface area contributed by atoms with Gasteiger partial charge in [0, 0.05) is 27.0 Å². The second-order valence-electron chi connectivity index (χ2n) is 4.13. The molecule has 2 aromatic rings. The lowest BCUT2D eigenvalue weighted by molar-refractivity contribution is 0.102. The van der Waals surface area contributed by atoms with Crippen molar-refractivity contribution in [3.8, 4) is 6.07 Å². The summed E-state index contributed by atoms with van der Waals surface area (Å²) in [7, 11) is 0. The van der Waals surface area contributed by atoms with Gasteiger partial charge in [-0.1, -0.05) is 23.2 Å². The number of nitrogens with two attached hydrogens (primary N) is 2. The van der Waals surface area contributed by atoms with Crippen LogP contribution in [0.15, 0.2) is 42.5 Å². The van der Waals surface area contributed by atoms with E-state index < -0.39 is 0 Å². The van der Waals surface area contributed by atoms with Crippen LogP contribution in [0.1, 0.15) is 10.4 Å². The molecule has 0 aliphatic carbocycles. The maximum atomic E-state index is 11.1. The zero-order valence-corrected chi connectivity index (χ0v) is 15.5. The molecule has 0 unspecified atom stereocenters. The third-order valence-corrected chi connectivity index (χ3v) is 3.22. The molecule has 2 rings (SSSR count). The smallest absolute Gasteiger partial charge is 0.179 e. The molecular weight excluding hydrogens is 392 g/mol. The molecule has 0 amide bonds. The number of Topliss-reactive ketones (excluding diaryl/α,β-unsaturated/α-hetero) is 1. The van der Waals surface area contributed by atoms with Crippen LogP contribution in [-0.4, -0.2) is 17.5 Å². The number of ketones is 1. The monoisotopic (exact) mass is 405 g/mol. The number of alkyl halides is 2. The van der Waals surface area contributed by atoms with E-state index in [1.807, 2.05) is 0 Å². The molecule has 0 heterocycles. The van der Waals surface area contributed by atoms with Gasteiger partial charge < -0.3 is 11.5 Å². The van der Waals surface area contributed by atoms with Crippen molar-refractivity contribution in [2.45, 2.75) is 0 Å². The van der Waals surface area contributed by atoms with Crippen molar-refractivity contribution in [2.75, 3.05) is 23.2 Å². The van der Waals surface area contributed by atoms with E-state index in [0.717, 1.165) is 10.7 Å². The standard InChI is InChI=1S/C8H7Cl2NO.C6H6ClN.C2H2ClN/c9-4-8(12)6-3-5(10)1-2-7(6)11;7-5-1-3-6(8)4-2-5;3-1-2-4/h1-3H,4,11H2;1-4H,8H2;1H2. The summed E-state index contributed by atoms with van der Waals surface area (Å²) in [4.78, 5) is 11.1. The van der Waals surface area contributed by atoms with Gasteiger partial charge in [-0.15, -0.1) is 23.2 Å². The minimum Gasteiger partial charge on any atom is -0.399 e. The SMILES string of the molecule is N#CCCl.Nc1ccc(Cl)cc1.Nc1ccc(Cl)cc1C(=O)CCl. The number of nitrogens with zero attached hydrogens (tertiary/aromatic N) is 1. The normalized spacial score (nSPS) is 8.79. The Morgan fingerprint density at radius 3 is 1.92 bits per heavy atom. The number of benzene rings is 2. The molecule has 0 atom stereocenters. The van der Waals surface area contributed by atoms with Crippen molar-refractivity contribution in [3.05, 3.63) is 58.1 Å². The Bertz CT molecular complexity index is 664. The molecule has 0 aliphatic rings. The Morgan fingerprint density at radius 1 is 1.00 bits per heavy atom. The first-order chi connectivity index (χ1) is 11.3. The fraction of sp³-hybridized carbons (Fsp3) is 0.125. The van der Waals surface area contributed by atoms with Gasteiger partial charge in [-0.2, -0.15) is 5.26 Å². The fourth-order valence-corrected chi connectivity index (χ4v) is 1.75. The van der Waals surface area contributed by atoms with E-state index in [-0.39, 0.29) is 17.5 Å². The molecule has 4 N–H and O–H groups in total. The molecule has 4 nitrogen and oxygen atoms in total. The van der Waals surface area contributed by atoms with Gasteiger partial charge in [0.1, 0.15) is 5.88 Å². The van der Waals surface area contributed by atoms with Crippen molar-refractivity contribution in [1.82, 2.24) is 0 Å². The average molecular weight is 407 g/mol. The molecule has 2 aromatic carbocycles. The van der Waals surface area contributed by atoms with Gasteiger partial charge in [-0.05, 0) is 42.5 Å². The van der Waals surface area contributed by atoms with E-state index in [1.165, 1.54) is 6.07 Å². The number of carbonyl (C=O) groups excluding carboxylic acids is 1. The first kappa shape index (κ1) is 22.4. The molecule has 0 saturated carbocycles. The molecular formula is C16H15Cl4N3O. The molecule has 0 bridgehead atoms. The van der Waals surface area contributed by atoms with Crippen LogP contribution in [0.4, 0.5) is 11.4 Å². The van der Waals surface area contributed by atoms with Crippen LogP contribution in [0.2, 0.25) is 10.0 Å². The topological polar surface area (TPSA) is 92.9 Å². The van der Waals surface area contributed by atoms with E-state index in [9.17, 15) is 4.79 Å². The maximum absolute atomic E-state index is 11.1. The van der Waals surface area contributed by atoms with Crippen LogP contribution < -0.4 is 11.5 Å². The molecule has 0 radical (unpaired) electrons. The summed E-state index contributed by atoms with van der Waals surface area (Å²) in [6.07, 6.45) is 0. The van der Waals surface area contributed by atoms with E-state index >= 15 is 0 Å². The highest BCUT2D eigenvalue weighted by Crippen LogP contribution is 2.18. The minimum atomic E-state index is -0.211. The molecule has 0 aromatic heterocycles. The van der Waals surface area contributed by atoms with Crippen LogP contribution in [0.25, 0.3) is 0 Å². The fourth-order valence-electron chi connectivity index (χ4n) is 1.30. The summed E-state index contributed by atoms with van der Waals surface area (Å²) in [6, 6.07) is 13.5. The van der Waals surface area contributed by atoms with Gasteiger partial charge in [0.25, 0.3) is 0 Å². The first-order valence-electron chi connectivity index (χ1n) is 6.43. The Balaban J connectivity index is 0.000000379. The second-order valence-corrected chi connectivity index (χ2v) is 5.54. The summed E-state index contributed by atoms with van der Waals surface area (Å²) in [6.45, 7) is 0. The zero-order valence-electron chi connectivity index (χ0n) is 12.5. The van der Waals surface area contributed by atoms with Crippen LogP contribution in [0, 0.1) is 11.3 Å². The van der Waals surface area contributed by atoms with Gasteiger partial charge >= 0.3 is 0 Å². The molecule has 24 heavy (non-hydrogen) atoms. The molecule has 8 heteroatoms. The average Bonchev–Trinajstić information content (AvgIpc) is 2.59. The lowest BCUT2D eigenvalue weighted by Gasteiger charge is -2.01. The molecule has 0 saturated heterocycles. The van der Waals surface area contributed by atoms with E-state index in [4.69, 9.17) is 63.1 Å². The lowest BCUT2D eigenvalue weighted by atomic mass is 10.1. The van der Waals surface area contributed by atoms with Gasteiger partial charge in [-0.25, -0.2) is 0 Å². The second kappa shape index (κ2) is 12.7. The van der Waals surface area contributed by atoms with Gasteiger partial charge in [0.05, 0.1) is 11.9 Å². The Hall–Kier alpha value is -1.64. The Labute approximate surface area is 160 Å². The molecule has 0 aliphatic heterocycles. The van der Waals surface area contributed by atoms with Gasteiger partial charge in [-0.3, -0.25) is 4.79 Å². The Kier molecular flexibility index (Phi) is 11.9. The summed E-state index contributed by atoms with van der Waals surface area (Å²) in [5.74, 6) is -0.193. The van der Waals surface area contributed by atoms with Crippen LogP contribution >= 0.6 is 46.4 Å². The quantitative estimate of drug-likeness (QED) is 0.416. The highest BCUT2D eigenvalue weighted by molar-refractivity contribution is 6.33. The largest absolute Gasteiger partial charge is 0.399 e. The number of carbonyl (C=O) groups is 1. The predicted octanol–water partition coefficient (Wildman–Crippen LogP) is 5.01. The van der Waals surface area contributed by atoms with Crippen molar-refractivity contribution in [3.63, 3.8) is 0 Å². The van der Waals surface area contributed by atoms with Gasteiger partial charge in [0.15, 0.2) is 5.78 Å².